The molecule has 1 aliphatic heterocycles. The first-order chi connectivity index (χ1) is 10.0. The van der Waals surface area contributed by atoms with Gasteiger partial charge in [0.25, 0.3) is 0 Å². The summed E-state index contributed by atoms with van der Waals surface area (Å²) in [5.41, 5.74) is 1.55. The second kappa shape index (κ2) is 5.65. The number of nitrogens with zero attached hydrogens (tertiary/aromatic N) is 3. The molecule has 0 bridgehead atoms. The summed E-state index contributed by atoms with van der Waals surface area (Å²) in [4.78, 5) is 3.93. The number of nitrogens with one attached hydrogen (secondary N) is 1. The molecular formula is C13H15ClN4O2S. The zero-order chi connectivity index (χ0) is 14.9. The Labute approximate surface area is 128 Å². The van der Waals surface area contributed by atoms with Crippen molar-refractivity contribution in [2.45, 2.75) is 18.9 Å². The summed E-state index contributed by atoms with van der Waals surface area (Å²) in [6.45, 7) is 0. The van der Waals surface area contributed by atoms with E-state index in [-0.39, 0.29) is 17.5 Å². The lowest BCUT2D eigenvalue weighted by atomic mass is 10.1. The Morgan fingerprint density at radius 2 is 2.24 bits per heavy atom. The summed E-state index contributed by atoms with van der Waals surface area (Å²) in [5.74, 6) is 0.424. The molecule has 0 spiro atoms. The summed E-state index contributed by atoms with van der Waals surface area (Å²) in [6, 6.07) is 5.27. The van der Waals surface area contributed by atoms with Crippen LogP contribution in [0.2, 0.25) is 5.02 Å². The standard InChI is InChI=1S/C13H15ClN4O2S/c14-10-3-4-13(18-9-15-8-16-18)12(6-10)17-11-2-1-5-21(19,20)7-11/h3-4,6,8-9,11,17H,1-2,5,7H2. The maximum atomic E-state index is 11.7. The van der Waals surface area contributed by atoms with E-state index in [4.69, 9.17) is 11.6 Å². The van der Waals surface area contributed by atoms with Gasteiger partial charge in [-0.25, -0.2) is 18.1 Å². The lowest BCUT2D eigenvalue weighted by Gasteiger charge is -2.25. The predicted molar refractivity (Wildman–Crippen MR) is 81.7 cm³/mol. The molecule has 0 saturated carbocycles. The van der Waals surface area contributed by atoms with E-state index in [0.717, 1.165) is 17.8 Å². The van der Waals surface area contributed by atoms with E-state index in [0.29, 0.717) is 11.4 Å². The maximum absolute atomic E-state index is 11.7. The minimum absolute atomic E-state index is 0.107. The summed E-state index contributed by atoms with van der Waals surface area (Å²) in [6.07, 6.45) is 4.54. The largest absolute Gasteiger partial charge is 0.380 e. The topological polar surface area (TPSA) is 76.9 Å². The lowest BCUT2D eigenvalue weighted by Crippen LogP contribution is -2.35. The number of rotatable bonds is 3. The quantitative estimate of drug-likeness (QED) is 0.932. The molecule has 1 aliphatic rings. The molecule has 0 aliphatic carbocycles. The molecule has 6 nitrogen and oxygen atoms in total. The van der Waals surface area contributed by atoms with Gasteiger partial charge in [-0.1, -0.05) is 11.6 Å². The Kier molecular flexibility index (Phi) is 3.86. The van der Waals surface area contributed by atoms with Crippen LogP contribution in [0, 0.1) is 0 Å². The van der Waals surface area contributed by atoms with Crippen LogP contribution in [-0.4, -0.2) is 40.7 Å². The van der Waals surface area contributed by atoms with Crippen molar-refractivity contribution in [3.05, 3.63) is 35.9 Å². The number of hydrogen-bond acceptors (Lipinski definition) is 5. The van der Waals surface area contributed by atoms with Crippen LogP contribution in [0.25, 0.3) is 5.69 Å². The third-order valence-corrected chi connectivity index (χ3v) is 5.50. The predicted octanol–water partition coefficient (Wildman–Crippen LogP) is 1.91. The Morgan fingerprint density at radius 3 is 2.95 bits per heavy atom. The van der Waals surface area contributed by atoms with Crippen molar-refractivity contribution in [2.24, 2.45) is 0 Å². The van der Waals surface area contributed by atoms with E-state index in [1.807, 2.05) is 6.07 Å². The first kappa shape index (κ1) is 14.3. The van der Waals surface area contributed by atoms with E-state index in [2.05, 4.69) is 15.4 Å². The summed E-state index contributed by atoms with van der Waals surface area (Å²) < 4.78 is 25.1. The average Bonchev–Trinajstić information content (AvgIpc) is 2.91. The van der Waals surface area contributed by atoms with Crippen LogP contribution < -0.4 is 5.32 Å². The zero-order valence-corrected chi connectivity index (χ0v) is 12.8. The van der Waals surface area contributed by atoms with Gasteiger partial charge < -0.3 is 5.32 Å². The third-order valence-electron chi connectivity index (χ3n) is 3.45. The van der Waals surface area contributed by atoms with Gasteiger partial charge in [-0.3, -0.25) is 0 Å². The van der Waals surface area contributed by atoms with Crippen LogP contribution in [0.4, 0.5) is 5.69 Å². The molecule has 21 heavy (non-hydrogen) atoms. The zero-order valence-electron chi connectivity index (χ0n) is 11.2. The van der Waals surface area contributed by atoms with E-state index < -0.39 is 9.84 Å². The Morgan fingerprint density at radius 1 is 1.38 bits per heavy atom. The number of sulfone groups is 1. The molecule has 0 amide bonds. The molecule has 0 radical (unpaired) electrons. The fourth-order valence-corrected chi connectivity index (χ4v) is 4.32. The molecular weight excluding hydrogens is 312 g/mol. The summed E-state index contributed by atoms with van der Waals surface area (Å²) in [5, 5.41) is 7.97. The molecule has 1 unspecified atom stereocenters. The number of aromatic nitrogens is 3. The molecule has 1 fully saturated rings. The van der Waals surface area contributed by atoms with E-state index in [1.54, 1.807) is 23.1 Å². The maximum Gasteiger partial charge on any atom is 0.152 e. The minimum atomic E-state index is -2.96. The molecule has 8 heteroatoms. The molecule has 112 valence electrons. The Hall–Kier alpha value is -1.60. The van der Waals surface area contributed by atoms with Crippen LogP contribution in [0.3, 0.4) is 0 Å². The first-order valence-electron chi connectivity index (χ1n) is 6.65. The van der Waals surface area contributed by atoms with Crippen molar-refractivity contribution in [1.29, 1.82) is 0 Å². The molecule has 1 saturated heterocycles. The van der Waals surface area contributed by atoms with Gasteiger partial charge in [0.15, 0.2) is 9.84 Å². The smallest absolute Gasteiger partial charge is 0.152 e. The minimum Gasteiger partial charge on any atom is -0.380 e. The number of anilines is 1. The van der Waals surface area contributed by atoms with Crippen LogP contribution >= 0.6 is 11.6 Å². The molecule has 1 aromatic carbocycles. The van der Waals surface area contributed by atoms with Gasteiger partial charge in [0.1, 0.15) is 12.7 Å². The number of hydrogen-bond donors (Lipinski definition) is 1. The third kappa shape index (κ3) is 3.36. The summed E-state index contributed by atoms with van der Waals surface area (Å²) in [7, 11) is -2.96. The van der Waals surface area contributed by atoms with Crippen molar-refractivity contribution < 1.29 is 8.42 Å². The molecule has 3 rings (SSSR count). The highest BCUT2D eigenvalue weighted by Crippen LogP contribution is 2.26. The van der Waals surface area contributed by atoms with Gasteiger partial charge in [0.2, 0.25) is 0 Å². The number of benzene rings is 1. The van der Waals surface area contributed by atoms with Crippen LogP contribution in [0.1, 0.15) is 12.8 Å². The van der Waals surface area contributed by atoms with Crippen LogP contribution in [0.5, 0.6) is 0 Å². The van der Waals surface area contributed by atoms with Gasteiger partial charge in [-0.05, 0) is 31.0 Å². The van der Waals surface area contributed by atoms with Crippen LogP contribution in [0.15, 0.2) is 30.9 Å². The van der Waals surface area contributed by atoms with Crippen molar-refractivity contribution >= 4 is 27.1 Å². The fourth-order valence-electron chi connectivity index (χ4n) is 2.51. The average molecular weight is 327 g/mol. The highest BCUT2D eigenvalue weighted by atomic mass is 35.5. The fraction of sp³-hybridized carbons (Fsp3) is 0.385. The SMILES string of the molecule is O=S1(=O)CCCC(Nc2cc(Cl)ccc2-n2cncn2)C1. The second-order valence-electron chi connectivity index (χ2n) is 5.10. The normalized spacial score (nSPS) is 21.1. The highest BCUT2D eigenvalue weighted by molar-refractivity contribution is 7.91. The molecule has 1 atom stereocenters. The van der Waals surface area contributed by atoms with Crippen molar-refractivity contribution in [2.75, 3.05) is 16.8 Å². The Balaban J connectivity index is 1.89. The lowest BCUT2D eigenvalue weighted by molar-refractivity contribution is 0.562. The highest BCUT2D eigenvalue weighted by Gasteiger charge is 2.25. The van der Waals surface area contributed by atoms with E-state index in [1.165, 1.54) is 6.33 Å². The van der Waals surface area contributed by atoms with Crippen molar-refractivity contribution in [1.82, 2.24) is 14.8 Å². The van der Waals surface area contributed by atoms with Gasteiger partial charge in [0.05, 0.1) is 22.9 Å². The molecule has 1 N–H and O–H groups in total. The molecule has 2 heterocycles. The monoisotopic (exact) mass is 326 g/mol. The molecule has 2 aromatic rings. The van der Waals surface area contributed by atoms with Crippen molar-refractivity contribution in [3.63, 3.8) is 0 Å². The van der Waals surface area contributed by atoms with Crippen LogP contribution in [-0.2, 0) is 9.84 Å². The second-order valence-corrected chi connectivity index (χ2v) is 7.76. The first-order valence-corrected chi connectivity index (χ1v) is 8.85. The molecule has 1 aromatic heterocycles. The van der Waals surface area contributed by atoms with Gasteiger partial charge in [0, 0.05) is 11.1 Å². The van der Waals surface area contributed by atoms with Gasteiger partial charge in [-0.15, -0.1) is 0 Å². The van der Waals surface area contributed by atoms with Crippen molar-refractivity contribution in [3.8, 4) is 5.69 Å². The van der Waals surface area contributed by atoms with Gasteiger partial charge in [-0.2, -0.15) is 5.10 Å². The Bertz CT molecular complexity index is 731. The van der Waals surface area contributed by atoms with E-state index >= 15 is 0 Å². The van der Waals surface area contributed by atoms with E-state index in [9.17, 15) is 8.42 Å². The summed E-state index contributed by atoms with van der Waals surface area (Å²) >= 11 is 6.05. The van der Waals surface area contributed by atoms with Gasteiger partial charge >= 0.3 is 0 Å². The number of halogens is 1.